The van der Waals surface area contributed by atoms with E-state index < -0.39 is 6.17 Å². The maximum atomic E-state index is 16.4. The number of nitrogens with zero attached hydrogens (tertiary/aromatic N) is 3. The highest BCUT2D eigenvalue weighted by Gasteiger charge is 2.38. The van der Waals surface area contributed by atoms with Crippen molar-refractivity contribution >= 4 is 48.7 Å². The second-order valence-corrected chi connectivity index (χ2v) is 12.7. The summed E-state index contributed by atoms with van der Waals surface area (Å²) in [6.45, 7) is 4.54. The van der Waals surface area contributed by atoms with Crippen LogP contribution in [0.5, 0.6) is 0 Å². The number of anilines is 3. The normalized spacial score (nSPS) is 14.4. The van der Waals surface area contributed by atoms with Crippen molar-refractivity contribution in [3.8, 4) is 11.3 Å². The van der Waals surface area contributed by atoms with Crippen LogP contribution in [0.25, 0.3) is 31.4 Å². The molecule has 0 saturated carbocycles. The fraction of sp³-hybridized carbons (Fsp3) is 0.105. The molecule has 0 amide bonds. The molecule has 1 unspecified atom stereocenters. The van der Waals surface area contributed by atoms with Crippen molar-refractivity contribution in [1.29, 1.82) is 0 Å². The summed E-state index contributed by atoms with van der Waals surface area (Å²) >= 11 is 1.81. The number of rotatable bonds is 4. The lowest BCUT2D eigenvalue weighted by Gasteiger charge is -2.42. The zero-order chi connectivity index (χ0) is 29.1. The summed E-state index contributed by atoms with van der Waals surface area (Å²) in [6.07, 6.45) is 2.28. The minimum atomic E-state index is -1.30. The van der Waals surface area contributed by atoms with E-state index in [0.717, 1.165) is 34.0 Å². The van der Waals surface area contributed by atoms with Gasteiger partial charge in [0.1, 0.15) is 5.82 Å². The van der Waals surface area contributed by atoms with Gasteiger partial charge in [-0.1, -0.05) is 74.5 Å². The molecule has 1 aliphatic rings. The number of hydrogen-bond donors (Lipinski definition) is 0. The minimum absolute atomic E-state index is 0.309. The Labute approximate surface area is 253 Å². The number of benzene rings is 4. The number of halogens is 1. The summed E-state index contributed by atoms with van der Waals surface area (Å²) in [7, 11) is 0. The maximum Gasteiger partial charge on any atom is 0.150 e. The van der Waals surface area contributed by atoms with E-state index >= 15 is 4.39 Å². The summed E-state index contributed by atoms with van der Waals surface area (Å²) < 4.78 is 18.9. The van der Waals surface area contributed by atoms with Crippen molar-refractivity contribution in [3.05, 3.63) is 150 Å². The molecule has 208 valence electrons. The molecule has 0 N–H and O–H groups in total. The molecule has 1 aliphatic heterocycles. The van der Waals surface area contributed by atoms with E-state index in [4.69, 9.17) is 4.98 Å². The van der Waals surface area contributed by atoms with Crippen LogP contribution in [-0.4, -0.2) is 9.97 Å². The van der Waals surface area contributed by atoms with Crippen LogP contribution in [0.4, 0.5) is 21.6 Å². The van der Waals surface area contributed by atoms with E-state index in [1.54, 1.807) is 17.5 Å². The van der Waals surface area contributed by atoms with Crippen LogP contribution in [-0.2, 0) is 5.41 Å². The number of aromatic nitrogens is 2. The predicted molar refractivity (Wildman–Crippen MR) is 177 cm³/mol. The largest absolute Gasteiger partial charge is 0.294 e. The Morgan fingerprint density at radius 3 is 2.23 bits per heavy atom. The standard InChI is InChI=1S/C38H28FN3S/c1-38(2)29-17-16-26(37(39)25-11-9-10-24(20-25)31-13-5-7-18-40-31)21-32(29)42(36-15-6-8-19-41-36)33-23-35-28(22-30(33)38)27-12-3-4-14-34(27)43-35/h3-23,37H,1-2H3. The van der Waals surface area contributed by atoms with Gasteiger partial charge in [0.05, 0.1) is 17.1 Å². The monoisotopic (exact) mass is 577 g/mol. The number of alkyl halides is 1. The quantitative estimate of drug-likeness (QED) is 0.208. The second-order valence-electron chi connectivity index (χ2n) is 11.6. The zero-order valence-corrected chi connectivity index (χ0v) is 24.6. The van der Waals surface area contributed by atoms with Gasteiger partial charge in [0.25, 0.3) is 0 Å². The van der Waals surface area contributed by atoms with Gasteiger partial charge in [0.15, 0.2) is 6.17 Å². The Hall–Kier alpha value is -4.87. The third kappa shape index (κ3) is 4.15. The van der Waals surface area contributed by atoms with Crippen LogP contribution in [0.3, 0.4) is 0 Å². The van der Waals surface area contributed by atoms with E-state index in [1.807, 2.05) is 79.0 Å². The van der Waals surface area contributed by atoms with E-state index in [9.17, 15) is 0 Å². The lowest BCUT2D eigenvalue weighted by Crippen LogP contribution is -2.31. The van der Waals surface area contributed by atoms with E-state index in [0.29, 0.717) is 11.1 Å². The second kappa shape index (κ2) is 9.85. The predicted octanol–water partition coefficient (Wildman–Crippen LogP) is 10.7. The molecule has 3 aromatic heterocycles. The molecule has 0 bridgehead atoms. The van der Waals surface area contributed by atoms with Crippen molar-refractivity contribution < 1.29 is 4.39 Å². The molecule has 4 aromatic carbocycles. The van der Waals surface area contributed by atoms with E-state index in [2.05, 4.69) is 66.2 Å². The van der Waals surface area contributed by atoms with Crippen LogP contribution in [0.1, 0.15) is 42.3 Å². The van der Waals surface area contributed by atoms with E-state index in [1.165, 1.54) is 25.7 Å². The van der Waals surface area contributed by atoms with Crippen LogP contribution < -0.4 is 4.90 Å². The van der Waals surface area contributed by atoms with Gasteiger partial charge >= 0.3 is 0 Å². The number of thiophene rings is 1. The lowest BCUT2D eigenvalue weighted by atomic mass is 9.73. The highest BCUT2D eigenvalue weighted by atomic mass is 32.1. The molecular weight excluding hydrogens is 550 g/mol. The summed E-state index contributed by atoms with van der Waals surface area (Å²) in [4.78, 5) is 11.4. The Bertz CT molecular complexity index is 2140. The van der Waals surface area contributed by atoms with Gasteiger partial charge < -0.3 is 0 Å². The zero-order valence-electron chi connectivity index (χ0n) is 23.8. The molecule has 0 radical (unpaired) electrons. The third-order valence-corrected chi connectivity index (χ3v) is 9.79. The number of fused-ring (bicyclic) bond motifs is 5. The van der Waals surface area contributed by atoms with Gasteiger partial charge in [-0.2, -0.15) is 0 Å². The molecule has 8 rings (SSSR count). The molecule has 1 atom stereocenters. The molecule has 0 fully saturated rings. The fourth-order valence-corrected chi connectivity index (χ4v) is 7.58. The molecule has 0 aliphatic carbocycles. The van der Waals surface area contributed by atoms with Gasteiger partial charge in [0, 0.05) is 43.5 Å². The first-order chi connectivity index (χ1) is 21.0. The number of hydrogen-bond acceptors (Lipinski definition) is 4. The average Bonchev–Trinajstić information content (AvgIpc) is 3.42. The van der Waals surface area contributed by atoms with Crippen molar-refractivity contribution in [2.24, 2.45) is 0 Å². The highest BCUT2D eigenvalue weighted by Crippen LogP contribution is 2.54. The molecule has 5 heteroatoms. The summed E-state index contributed by atoms with van der Waals surface area (Å²) in [5.41, 5.74) is 7.05. The minimum Gasteiger partial charge on any atom is -0.294 e. The van der Waals surface area contributed by atoms with Crippen LogP contribution in [0, 0.1) is 0 Å². The van der Waals surface area contributed by atoms with Gasteiger partial charge in [-0.25, -0.2) is 9.37 Å². The molecule has 3 nitrogen and oxygen atoms in total. The molecular formula is C38H28FN3S. The van der Waals surface area contributed by atoms with Crippen LogP contribution in [0.15, 0.2) is 128 Å². The Morgan fingerprint density at radius 2 is 1.42 bits per heavy atom. The van der Waals surface area contributed by atoms with Crippen molar-refractivity contribution in [1.82, 2.24) is 9.97 Å². The SMILES string of the molecule is CC1(C)c2ccc(C(F)c3cccc(-c4ccccn4)c3)cc2N(c2ccccn2)c2cc3sc4ccccc4c3cc21. The first kappa shape index (κ1) is 25.8. The molecule has 0 spiro atoms. The summed E-state index contributed by atoms with van der Waals surface area (Å²) in [6, 6.07) is 38.7. The van der Waals surface area contributed by atoms with E-state index in [-0.39, 0.29) is 5.41 Å². The summed E-state index contributed by atoms with van der Waals surface area (Å²) in [5, 5.41) is 2.55. The third-order valence-electron chi connectivity index (χ3n) is 8.66. The van der Waals surface area contributed by atoms with Gasteiger partial charge in [-0.05, 0) is 76.9 Å². The Balaban J connectivity index is 1.30. The Morgan fingerprint density at radius 1 is 0.651 bits per heavy atom. The van der Waals surface area contributed by atoms with Gasteiger partial charge in [-0.3, -0.25) is 9.88 Å². The topological polar surface area (TPSA) is 29.0 Å². The maximum absolute atomic E-state index is 16.4. The van der Waals surface area contributed by atoms with Crippen LogP contribution in [0.2, 0.25) is 0 Å². The van der Waals surface area contributed by atoms with Gasteiger partial charge in [-0.15, -0.1) is 11.3 Å². The smallest absolute Gasteiger partial charge is 0.150 e. The summed E-state index contributed by atoms with van der Waals surface area (Å²) in [5.74, 6) is 0.811. The molecule has 7 aromatic rings. The van der Waals surface area contributed by atoms with Crippen molar-refractivity contribution in [3.63, 3.8) is 0 Å². The van der Waals surface area contributed by atoms with Gasteiger partial charge in [0.2, 0.25) is 0 Å². The van der Waals surface area contributed by atoms with Crippen molar-refractivity contribution in [2.75, 3.05) is 4.90 Å². The number of pyridine rings is 2. The first-order valence-electron chi connectivity index (χ1n) is 14.5. The first-order valence-corrected chi connectivity index (χ1v) is 15.3. The fourth-order valence-electron chi connectivity index (χ4n) is 6.46. The molecule has 0 saturated heterocycles. The van der Waals surface area contributed by atoms with Crippen LogP contribution >= 0.6 is 11.3 Å². The Kier molecular flexibility index (Phi) is 5.92. The lowest BCUT2D eigenvalue weighted by molar-refractivity contribution is 0.402. The molecule has 4 heterocycles. The molecule has 43 heavy (non-hydrogen) atoms. The van der Waals surface area contributed by atoms with Crippen molar-refractivity contribution in [2.45, 2.75) is 25.4 Å². The average molecular weight is 578 g/mol. The highest BCUT2D eigenvalue weighted by molar-refractivity contribution is 7.25.